The molecule has 4 rings (SSSR count). The van der Waals surface area contributed by atoms with Crippen molar-refractivity contribution >= 4 is 17.5 Å². The number of aliphatic hydroxyl groups is 1. The Morgan fingerprint density at radius 1 is 1.30 bits per heavy atom. The molecule has 5 nitrogen and oxygen atoms in total. The number of amides is 2. The Morgan fingerprint density at radius 2 is 2.15 bits per heavy atom. The molecule has 2 N–H and O–H groups in total. The van der Waals surface area contributed by atoms with Crippen molar-refractivity contribution in [2.24, 2.45) is 0 Å². The Hall–Kier alpha value is -1.88. The van der Waals surface area contributed by atoms with Crippen LogP contribution in [0.5, 0.6) is 0 Å². The first-order valence-corrected chi connectivity index (χ1v) is 7.10. The number of hydrogen-bond donors (Lipinski definition) is 2. The number of aliphatic hydroxyl groups excluding tert-OH is 1. The van der Waals surface area contributed by atoms with Crippen molar-refractivity contribution in [1.29, 1.82) is 0 Å². The number of hydrogen-bond acceptors (Lipinski definition) is 3. The van der Waals surface area contributed by atoms with Crippen LogP contribution in [0.2, 0.25) is 0 Å². The van der Waals surface area contributed by atoms with Crippen LogP contribution in [0, 0.1) is 0 Å². The molecule has 2 heterocycles. The van der Waals surface area contributed by atoms with Gasteiger partial charge in [-0.25, -0.2) is 0 Å². The largest absolute Gasteiger partial charge is 0.394 e. The van der Waals surface area contributed by atoms with Crippen molar-refractivity contribution in [2.75, 3.05) is 11.5 Å². The quantitative estimate of drug-likeness (QED) is 0.793. The van der Waals surface area contributed by atoms with E-state index in [1.807, 2.05) is 12.1 Å². The zero-order valence-electron chi connectivity index (χ0n) is 11.0. The number of nitrogens with zero attached hydrogens (tertiary/aromatic N) is 1. The van der Waals surface area contributed by atoms with Crippen LogP contribution in [0.25, 0.3) is 0 Å². The summed E-state index contributed by atoms with van der Waals surface area (Å²) >= 11 is 0. The molecule has 0 spiro atoms. The van der Waals surface area contributed by atoms with Crippen LogP contribution in [0.1, 0.15) is 41.1 Å². The zero-order chi connectivity index (χ0) is 13.9. The lowest BCUT2D eigenvalue weighted by atomic mass is 9.96. The molecule has 3 aliphatic rings. The van der Waals surface area contributed by atoms with Crippen LogP contribution in [0.4, 0.5) is 5.69 Å². The van der Waals surface area contributed by atoms with E-state index in [0.29, 0.717) is 11.5 Å². The van der Waals surface area contributed by atoms with Crippen molar-refractivity contribution in [3.05, 3.63) is 29.3 Å². The molecule has 1 aliphatic carbocycles. The highest BCUT2D eigenvalue weighted by atomic mass is 16.3. The lowest BCUT2D eigenvalue weighted by Crippen LogP contribution is -2.50. The van der Waals surface area contributed by atoms with Crippen molar-refractivity contribution < 1.29 is 14.7 Å². The van der Waals surface area contributed by atoms with Crippen LogP contribution < -0.4 is 10.2 Å². The maximum atomic E-state index is 12.6. The SMILES string of the molecule is O=C1N[C@@H](CO)C(=O)N2c3c1cccc3C1CCCC12. The summed E-state index contributed by atoms with van der Waals surface area (Å²) in [6.45, 7) is -0.359. The molecule has 2 aliphatic heterocycles. The van der Waals surface area contributed by atoms with E-state index >= 15 is 0 Å². The summed E-state index contributed by atoms with van der Waals surface area (Å²) in [6.07, 6.45) is 3.14. The topological polar surface area (TPSA) is 69.6 Å². The minimum absolute atomic E-state index is 0.153. The van der Waals surface area contributed by atoms with E-state index in [1.165, 1.54) is 0 Å². The number of nitrogens with one attached hydrogen (secondary N) is 1. The number of para-hydroxylation sites is 1. The summed E-state index contributed by atoms with van der Waals surface area (Å²) in [4.78, 5) is 26.7. The molecule has 5 heteroatoms. The molecule has 1 aromatic carbocycles. The fourth-order valence-electron chi connectivity index (χ4n) is 3.95. The Bertz CT molecular complexity index is 613. The summed E-state index contributed by atoms with van der Waals surface area (Å²) in [6, 6.07) is 5.00. The average molecular weight is 272 g/mol. The van der Waals surface area contributed by atoms with Gasteiger partial charge < -0.3 is 15.3 Å². The molecular weight excluding hydrogens is 256 g/mol. The fraction of sp³-hybridized carbons (Fsp3) is 0.467. The van der Waals surface area contributed by atoms with E-state index in [1.54, 1.807) is 11.0 Å². The lowest BCUT2D eigenvalue weighted by molar-refractivity contribution is -0.121. The summed E-state index contributed by atoms with van der Waals surface area (Å²) in [5.41, 5.74) is 2.45. The van der Waals surface area contributed by atoms with E-state index in [0.717, 1.165) is 30.5 Å². The van der Waals surface area contributed by atoms with Gasteiger partial charge in [-0.05, 0) is 24.5 Å². The zero-order valence-corrected chi connectivity index (χ0v) is 11.0. The van der Waals surface area contributed by atoms with Gasteiger partial charge >= 0.3 is 0 Å². The molecule has 2 unspecified atom stereocenters. The fourth-order valence-corrected chi connectivity index (χ4v) is 3.95. The molecule has 20 heavy (non-hydrogen) atoms. The Kier molecular flexibility index (Phi) is 2.41. The van der Waals surface area contributed by atoms with Crippen LogP contribution in [0.15, 0.2) is 18.2 Å². The van der Waals surface area contributed by atoms with Gasteiger partial charge in [0.2, 0.25) is 0 Å². The number of carbonyl (C=O) groups excluding carboxylic acids is 2. The van der Waals surface area contributed by atoms with Gasteiger partial charge in [-0.15, -0.1) is 0 Å². The average Bonchev–Trinajstić information content (AvgIpc) is 3.00. The summed E-state index contributed by atoms with van der Waals surface area (Å²) in [7, 11) is 0. The molecule has 0 bridgehead atoms. The monoisotopic (exact) mass is 272 g/mol. The molecule has 104 valence electrons. The first-order valence-electron chi connectivity index (χ1n) is 7.10. The van der Waals surface area contributed by atoms with Gasteiger partial charge in [0.05, 0.1) is 17.9 Å². The van der Waals surface area contributed by atoms with E-state index in [2.05, 4.69) is 5.32 Å². The van der Waals surface area contributed by atoms with Crippen LogP contribution in [-0.4, -0.2) is 35.6 Å². The smallest absolute Gasteiger partial charge is 0.254 e. The third-order valence-corrected chi connectivity index (χ3v) is 4.79. The maximum Gasteiger partial charge on any atom is 0.254 e. The Labute approximate surface area is 116 Å². The van der Waals surface area contributed by atoms with Gasteiger partial charge in [0.1, 0.15) is 6.04 Å². The molecular formula is C15H16N2O3. The molecule has 0 radical (unpaired) electrons. The second-order valence-electron chi connectivity index (χ2n) is 5.77. The Balaban J connectivity index is 1.95. The van der Waals surface area contributed by atoms with Crippen molar-refractivity contribution in [3.8, 4) is 0 Å². The van der Waals surface area contributed by atoms with Crippen LogP contribution in [0.3, 0.4) is 0 Å². The number of rotatable bonds is 1. The Morgan fingerprint density at radius 3 is 2.95 bits per heavy atom. The number of carbonyl (C=O) groups is 2. The minimum Gasteiger partial charge on any atom is -0.394 e. The normalized spacial score (nSPS) is 30.9. The molecule has 1 aromatic rings. The van der Waals surface area contributed by atoms with E-state index in [-0.39, 0.29) is 24.5 Å². The first kappa shape index (κ1) is 11.9. The third-order valence-electron chi connectivity index (χ3n) is 4.79. The highest BCUT2D eigenvalue weighted by molar-refractivity contribution is 6.13. The van der Waals surface area contributed by atoms with E-state index in [9.17, 15) is 14.7 Å². The highest BCUT2D eigenvalue weighted by Gasteiger charge is 2.48. The van der Waals surface area contributed by atoms with Gasteiger partial charge in [0.25, 0.3) is 11.8 Å². The van der Waals surface area contributed by atoms with Crippen molar-refractivity contribution in [1.82, 2.24) is 5.32 Å². The number of fused-ring (bicyclic) bond motifs is 3. The molecule has 3 atom stereocenters. The third kappa shape index (κ3) is 1.36. The predicted octanol–water partition coefficient (Wildman–Crippen LogP) is 0.774. The molecule has 2 amide bonds. The van der Waals surface area contributed by atoms with Crippen molar-refractivity contribution in [3.63, 3.8) is 0 Å². The van der Waals surface area contributed by atoms with Crippen LogP contribution >= 0.6 is 0 Å². The standard InChI is InChI=1S/C15H16N2O3/c18-7-11-15(20)17-12-6-2-3-8(12)9-4-1-5-10(13(9)17)14(19)16-11/h1,4-5,8,11-12,18H,2-3,6-7H2,(H,16,19)/t8?,11-,12?/m0/s1. The molecule has 1 fully saturated rings. The second-order valence-corrected chi connectivity index (χ2v) is 5.77. The molecule has 1 saturated carbocycles. The van der Waals surface area contributed by atoms with Gasteiger partial charge in [0, 0.05) is 12.0 Å². The second kappa shape index (κ2) is 4.06. The minimum atomic E-state index is -0.831. The van der Waals surface area contributed by atoms with Crippen LogP contribution in [-0.2, 0) is 4.79 Å². The predicted molar refractivity (Wildman–Crippen MR) is 72.6 cm³/mol. The number of benzene rings is 1. The van der Waals surface area contributed by atoms with E-state index < -0.39 is 6.04 Å². The molecule has 0 saturated heterocycles. The lowest BCUT2D eigenvalue weighted by Gasteiger charge is -2.26. The van der Waals surface area contributed by atoms with Crippen molar-refractivity contribution in [2.45, 2.75) is 37.3 Å². The van der Waals surface area contributed by atoms with Gasteiger partial charge in [-0.2, -0.15) is 0 Å². The maximum absolute atomic E-state index is 12.6. The number of anilines is 1. The first-order chi connectivity index (χ1) is 9.72. The van der Waals surface area contributed by atoms with Gasteiger partial charge in [-0.3, -0.25) is 9.59 Å². The highest BCUT2D eigenvalue weighted by Crippen LogP contribution is 2.51. The summed E-state index contributed by atoms with van der Waals surface area (Å²) in [5.74, 6) is -0.0997. The van der Waals surface area contributed by atoms with E-state index in [4.69, 9.17) is 0 Å². The van der Waals surface area contributed by atoms with Gasteiger partial charge in [-0.1, -0.05) is 18.6 Å². The summed E-state index contributed by atoms with van der Waals surface area (Å²) in [5, 5.41) is 12.0. The molecule has 0 aromatic heterocycles. The summed E-state index contributed by atoms with van der Waals surface area (Å²) < 4.78 is 0. The van der Waals surface area contributed by atoms with Gasteiger partial charge in [0.15, 0.2) is 0 Å².